The van der Waals surface area contributed by atoms with Crippen LogP contribution in [0.2, 0.25) is 0 Å². The second-order valence-electron chi connectivity index (χ2n) is 8.49. The number of nitrogens with one attached hydrogen (secondary N) is 2. The van der Waals surface area contributed by atoms with Gasteiger partial charge in [0.2, 0.25) is 5.91 Å². The lowest BCUT2D eigenvalue weighted by atomic mass is 10.0. The van der Waals surface area contributed by atoms with E-state index in [1.807, 2.05) is 0 Å². The standard InChI is InChI=1S/C24H28FN5O6/c1-13-28-18(7-20(29-13)24(32)27-9-15-4-5-17(25)21(6-15)33-3)19-8-22(36-30-19)23-12-34-16(11-35-23)10-26-14(2)31/h4-7,16,22-23H,8-12H2,1-3H3,(H,26,31)(H,27,32)/t16?,22-,23+/m0/s1. The summed E-state index contributed by atoms with van der Waals surface area (Å²) in [4.78, 5) is 38.0. The monoisotopic (exact) mass is 501 g/mol. The Hall–Kier alpha value is -3.64. The number of aromatic nitrogens is 2. The minimum Gasteiger partial charge on any atom is -0.494 e. The molecule has 3 heterocycles. The second-order valence-corrected chi connectivity index (χ2v) is 8.49. The van der Waals surface area contributed by atoms with Gasteiger partial charge in [-0.05, 0) is 30.7 Å². The summed E-state index contributed by atoms with van der Waals surface area (Å²) in [7, 11) is 1.38. The van der Waals surface area contributed by atoms with Gasteiger partial charge in [0.1, 0.15) is 23.3 Å². The van der Waals surface area contributed by atoms with E-state index in [1.165, 1.54) is 26.2 Å². The Kier molecular flexibility index (Phi) is 8.06. The van der Waals surface area contributed by atoms with E-state index in [0.29, 0.717) is 49.0 Å². The molecule has 3 atom stereocenters. The summed E-state index contributed by atoms with van der Waals surface area (Å²) < 4.78 is 30.2. The van der Waals surface area contributed by atoms with E-state index in [0.717, 1.165) is 0 Å². The molecule has 36 heavy (non-hydrogen) atoms. The normalized spacial score (nSPS) is 21.3. The van der Waals surface area contributed by atoms with Gasteiger partial charge < -0.3 is 29.7 Å². The van der Waals surface area contributed by atoms with Crippen molar-refractivity contribution in [3.8, 4) is 5.75 Å². The molecule has 2 N–H and O–H groups in total. The summed E-state index contributed by atoms with van der Waals surface area (Å²) >= 11 is 0. The largest absolute Gasteiger partial charge is 0.494 e. The lowest BCUT2D eigenvalue weighted by molar-refractivity contribution is -0.170. The van der Waals surface area contributed by atoms with Crippen molar-refractivity contribution in [3.63, 3.8) is 0 Å². The first-order valence-corrected chi connectivity index (χ1v) is 11.5. The van der Waals surface area contributed by atoms with Crippen molar-refractivity contribution in [1.29, 1.82) is 0 Å². The lowest BCUT2D eigenvalue weighted by Gasteiger charge is -2.31. The number of ether oxygens (including phenoxy) is 3. The summed E-state index contributed by atoms with van der Waals surface area (Å²) in [6, 6.07) is 5.93. The maximum absolute atomic E-state index is 13.6. The van der Waals surface area contributed by atoms with Crippen molar-refractivity contribution >= 4 is 17.5 Å². The van der Waals surface area contributed by atoms with Crippen molar-refractivity contribution < 1.29 is 33.0 Å². The molecule has 0 aliphatic carbocycles. The molecule has 1 unspecified atom stereocenters. The minimum atomic E-state index is -0.475. The van der Waals surface area contributed by atoms with E-state index in [2.05, 4.69) is 25.8 Å². The van der Waals surface area contributed by atoms with Gasteiger partial charge in [-0.1, -0.05) is 11.2 Å². The highest BCUT2D eigenvalue weighted by Crippen LogP contribution is 2.23. The van der Waals surface area contributed by atoms with Crippen molar-refractivity contribution in [1.82, 2.24) is 20.6 Å². The Morgan fingerprint density at radius 2 is 1.97 bits per heavy atom. The Balaban J connectivity index is 1.34. The molecular weight excluding hydrogens is 473 g/mol. The lowest BCUT2D eigenvalue weighted by Crippen LogP contribution is -2.46. The van der Waals surface area contributed by atoms with Gasteiger partial charge in [0, 0.05) is 26.4 Å². The van der Waals surface area contributed by atoms with E-state index >= 15 is 0 Å². The average Bonchev–Trinajstić information content (AvgIpc) is 3.37. The second kappa shape index (κ2) is 11.4. The van der Waals surface area contributed by atoms with E-state index in [9.17, 15) is 14.0 Å². The number of nitrogens with zero attached hydrogens (tertiary/aromatic N) is 3. The molecule has 12 heteroatoms. The third kappa shape index (κ3) is 6.32. The summed E-state index contributed by atoms with van der Waals surface area (Å²) in [5.41, 5.74) is 1.92. The number of carbonyl (C=O) groups excluding carboxylic acids is 2. The number of oxime groups is 1. The van der Waals surface area contributed by atoms with Crippen molar-refractivity contribution in [3.05, 3.63) is 52.9 Å². The molecule has 192 valence electrons. The van der Waals surface area contributed by atoms with Gasteiger partial charge in [-0.3, -0.25) is 9.59 Å². The van der Waals surface area contributed by atoms with E-state index < -0.39 is 11.7 Å². The summed E-state index contributed by atoms with van der Waals surface area (Å²) in [5, 5.41) is 9.64. The number of rotatable bonds is 8. The SMILES string of the molecule is COc1cc(CNC(=O)c2cc(C3=NO[C@H]([C@H]4COC(CNC(C)=O)CO4)C3)nc(C)n2)ccc1F. The predicted octanol–water partition coefficient (Wildman–Crippen LogP) is 1.28. The molecule has 1 aromatic heterocycles. The minimum absolute atomic E-state index is 0.103. The number of benzene rings is 1. The Morgan fingerprint density at radius 3 is 2.69 bits per heavy atom. The molecule has 1 fully saturated rings. The Labute approximate surface area is 207 Å². The molecule has 2 amide bonds. The van der Waals surface area contributed by atoms with Gasteiger partial charge in [-0.2, -0.15) is 0 Å². The van der Waals surface area contributed by atoms with Crippen LogP contribution in [0.25, 0.3) is 0 Å². The topological polar surface area (TPSA) is 133 Å². The van der Waals surface area contributed by atoms with Crippen molar-refractivity contribution in [2.45, 2.75) is 45.1 Å². The fourth-order valence-corrected chi connectivity index (χ4v) is 3.81. The molecular formula is C24H28FN5O6. The molecule has 2 aromatic rings. The number of hydrogen-bond donors (Lipinski definition) is 2. The van der Waals surface area contributed by atoms with Crippen LogP contribution in [0.15, 0.2) is 29.4 Å². The fraction of sp³-hybridized carbons (Fsp3) is 0.458. The van der Waals surface area contributed by atoms with Crippen LogP contribution < -0.4 is 15.4 Å². The average molecular weight is 502 g/mol. The number of methoxy groups -OCH3 is 1. The Bertz CT molecular complexity index is 1150. The first-order chi connectivity index (χ1) is 17.3. The maximum atomic E-state index is 13.6. The van der Waals surface area contributed by atoms with E-state index in [1.54, 1.807) is 19.1 Å². The van der Waals surface area contributed by atoms with Crippen LogP contribution in [0.3, 0.4) is 0 Å². The molecule has 0 spiro atoms. The molecule has 1 aromatic carbocycles. The number of carbonyl (C=O) groups is 2. The fourth-order valence-electron chi connectivity index (χ4n) is 3.81. The van der Waals surface area contributed by atoms with Gasteiger partial charge in [0.15, 0.2) is 17.7 Å². The summed E-state index contributed by atoms with van der Waals surface area (Å²) in [6.07, 6.45) is -0.466. The zero-order chi connectivity index (χ0) is 25.7. The molecule has 11 nitrogen and oxygen atoms in total. The quantitative estimate of drug-likeness (QED) is 0.553. The summed E-state index contributed by atoms with van der Waals surface area (Å²) in [5.74, 6) is -0.495. The van der Waals surface area contributed by atoms with Gasteiger partial charge in [-0.15, -0.1) is 0 Å². The van der Waals surface area contributed by atoms with Crippen molar-refractivity contribution in [2.75, 3.05) is 26.9 Å². The molecule has 0 radical (unpaired) electrons. The molecule has 0 saturated carbocycles. The third-order valence-electron chi connectivity index (χ3n) is 5.71. The van der Waals surface area contributed by atoms with Crippen LogP contribution in [0.1, 0.15) is 40.9 Å². The first-order valence-electron chi connectivity index (χ1n) is 11.5. The zero-order valence-electron chi connectivity index (χ0n) is 20.2. The number of amides is 2. The zero-order valence-corrected chi connectivity index (χ0v) is 20.2. The van der Waals surface area contributed by atoms with Crippen LogP contribution in [-0.4, -0.2) is 72.7 Å². The molecule has 1 saturated heterocycles. The predicted molar refractivity (Wildman–Crippen MR) is 125 cm³/mol. The van der Waals surface area contributed by atoms with Crippen molar-refractivity contribution in [2.24, 2.45) is 5.16 Å². The highest BCUT2D eigenvalue weighted by Gasteiger charge is 2.35. The van der Waals surface area contributed by atoms with Crippen LogP contribution in [-0.2, 0) is 25.7 Å². The molecule has 2 aliphatic rings. The highest BCUT2D eigenvalue weighted by molar-refractivity contribution is 6.02. The highest BCUT2D eigenvalue weighted by atomic mass is 19.1. The first kappa shape index (κ1) is 25.5. The van der Waals surface area contributed by atoms with Crippen LogP contribution in [0.5, 0.6) is 5.75 Å². The van der Waals surface area contributed by atoms with Gasteiger partial charge in [-0.25, -0.2) is 14.4 Å². The summed E-state index contributed by atoms with van der Waals surface area (Å²) in [6.45, 7) is 4.33. The Morgan fingerprint density at radius 1 is 1.14 bits per heavy atom. The van der Waals surface area contributed by atoms with E-state index in [-0.39, 0.29) is 42.2 Å². The third-order valence-corrected chi connectivity index (χ3v) is 5.71. The molecule has 4 rings (SSSR count). The number of aryl methyl sites for hydroxylation is 1. The van der Waals surface area contributed by atoms with E-state index in [4.69, 9.17) is 19.0 Å². The van der Waals surface area contributed by atoms with Crippen LogP contribution in [0.4, 0.5) is 4.39 Å². The van der Waals surface area contributed by atoms with Gasteiger partial charge in [0.05, 0.1) is 32.1 Å². The maximum Gasteiger partial charge on any atom is 0.270 e. The number of hydrogen-bond acceptors (Lipinski definition) is 9. The van der Waals surface area contributed by atoms with Crippen LogP contribution >= 0.6 is 0 Å². The van der Waals surface area contributed by atoms with Gasteiger partial charge >= 0.3 is 0 Å². The molecule has 0 bridgehead atoms. The molecule has 2 aliphatic heterocycles. The smallest absolute Gasteiger partial charge is 0.270 e. The number of halogens is 1. The van der Waals surface area contributed by atoms with Crippen LogP contribution in [0, 0.1) is 12.7 Å². The van der Waals surface area contributed by atoms with Gasteiger partial charge in [0.25, 0.3) is 5.91 Å².